The van der Waals surface area contributed by atoms with Crippen LogP contribution in [-0.4, -0.2) is 13.8 Å². The summed E-state index contributed by atoms with van der Waals surface area (Å²) in [6.45, 7) is 20.9. The van der Waals surface area contributed by atoms with Crippen LogP contribution in [0.4, 0.5) is 0 Å². The minimum absolute atomic E-state index is 0. The standard InChI is InChI=1S/C15H29NSi.2Li.2H/c1-10-11(2)13(4)14(12(10)3)17(8,9)16-15(5,6)7;;;;/h12,16H,1-9H3;;;;/q;2*+1;2*-1. The molecule has 1 aliphatic rings. The Balaban J connectivity index is -0.000000361. The van der Waals surface area contributed by atoms with Crippen molar-refractivity contribution in [3.63, 3.8) is 0 Å². The fourth-order valence-corrected chi connectivity index (χ4v) is 7.81. The van der Waals surface area contributed by atoms with E-state index in [0.29, 0.717) is 5.92 Å². The number of nitrogens with one attached hydrogen (secondary N) is 1. The average molecular weight is 267 g/mol. The Kier molecular flexibility index (Phi) is 8.41. The van der Waals surface area contributed by atoms with Gasteiger partial charge in [0.25, 0.3) is 0 Å². The molecule has 19 heavy (non-hydrogen) atoms. The third-order valence-electron chi connectivity index (χ3n) is 4.00. The zero-order chi connectivity index (χ0) is 13.6. The van der Waals surface area contributed by atoms with E-state index in [-0.39, 0.29) is 46.1 Å². The van der Waals surface area contributed by atoms with Crippen molar-refractivity contribution in [3.8, 4) is 0 Å². The minimum atomic E-state index is -1.53. The van der Waals surface area contributed by atoms with Crippen LogP contribution >= 0.6 is 0 Å². The summed E-state index contributed by atoms with van der Waals surface area (Å²) in [4.78, 5) is 3.89. The summed E-state index contributed by atoms with van der Waals surface area (Å²) in [5.74, 6) is 0.631. The Bertz CT molecular complexity index is 399. The van der Waals surface area contributed by atoms with Crippen LogP contribution in [0.25, 0.3) is 0 Å². The van der Waals surface area contributed by atoms with Crippen molar-refractivity contribution in [3.05, 3.63) is 21.9 Å². The Hall–Kier alpha value is 0.852. The fourth-order valence-electron chi connectivity index (χ4n) is 3.38. The summed E-state index contributed by atoms with van der Waals surface area (Å²) in [7, 11) is -1.53. The summed E-state index contributed by atoms with van der Waals surface area (Å²) in [6, 6.07) is 0. The van der Waals surface area contributed by atoms with Gasteiger partial charge >= 0.3 is 37.7 Å². The molecule has 0 saturated heterocycles. The van der Waals surface area contributed by atoms with Crippen LogP contribution < -0.4 is 42.7 Å². The van der Waals surface area contributed by atoms with Crippen LogP contribution in [0.15, 0.2) is 21.9 Å². The first-order valence-electron chi connectivity index (χ1n) is 6.65. The van der Waals surface area contributed by atoms with Crippen molar-refractivity contribution in [1.82, 2.24) is 4.98 Å². The molecule has 0 spiro atoms. The Morgan fingerprint density at radius 1 is 1.00 bits per heavy atom. The van der Waals surface area contributed by atoms with Gasteiger partial charge in [0.1, 0.15) is 8.24 Å². The predicted octanol–water partition coefficient (Wildman–Crippen LogP) is -1.35. The molecule has 1 unspecified atom stereocenters. The van der Waals surface area contributed by atoms with E-state index >= 15 is 0 Å². The Labute approximate surface area is 148 Å². The first kappa shape index (κ1) is 22.1. The normalized spacial score (nSPS) is 20.4. The first-order chi connectivity index (χ1) is 7.47. The fraction of sp³-hybridized carbons (Fsp3) is 0.733. The van der Waals surface area contributed by atoms with E-state index in [1.807, 2.05) is 0 Å². The first-order valence-corrected chi connectivity index (χ1v) is 9.65. The predicted molar refractivity (Wildman–Crippen MR) is 82.8 cm³/mol. The summed E-state index contributed by atoms with van der Waals surface area (Å²) in [6.07, 6.45) is 0. The monoisotopic (exact) mass is 267 g/mol. The molecular weight excluding hydrogens is 236 g/mol. The molecule has 1 aliphatic carbocycles. The molecule has 1 nitrogen and oxygen atoms in total. The third kappa shape index (κ3) is 4.96. The summed E-state index contributed by atoms with van der Waals surface area (Å²) < 4.78 is 0. The quantitative estimate of drug-likeness (QED) is 0.611. The Morgan fingerprint density at radius 3 is 1.68 bits per heavy atom. The molecule has 4 heteroatoms. The SMILES string of the molecule is CC1=C(C)C(C)C([Si](C)(C)NC(C)(C)C)=C1C.[H-].[H-].[Li+].[Li+]. The molecule has 1 N–H and O–H groups in total. The maximum atomic E-state index is 3.89. The van der Waals surface area contributed by atoms with E-state index in [0.717, 1.165) is 0 Å². The number of hydrogen-bond acceptors (Lipinski definition) is 1. The van der Waals surface area contributed by atoms with Crippen molar-refractivity contribution in [2.75, 3.05) is 0 Å². The van der Waals surface area contributed by atoms with Crippen molar-refractivity contribution < 1.29 is 40.6 Å². The van der Waals surface area contributed by atoms with Gasteiger partial charge in [-0.25, -0.2) is 0 Å². The molecule has 0 aromatic heterocycles. The van der Waals surface area contributed by atoms with Crippen molar-refractivity contribution >= 4 is 8.24 Å². The largest absolute Gasteiger partial charge is 1.00 e. The van der Waals surface area contributed by atoms with Gasteiger partial charge in [-0.3, -0.25) is 0 Å². The van der Waals surface area contributed by atoms with Crippen LogP contribution in [0, 0.1) is 5.92 Å². The van der Waals surface area contributed by atoms with Gasteiger partial charge < -0.3 is 7.84 Å². The van der Waals surface area contributed by atoms with Crippen molar-refractivity contribution in [2.45, 2.75) is 67.1 Å². The summed E-state index contributed by atoms with van der Waals surface area (Å²) >= 11 is 0. The topological polar surface area (TPSA) is 12.0 Å². The molecule has 1 rings (SSSR count). The average Bonchev–Trinajstić information content (AvgIpc) is 2.27. The van der Waals surface area contributed by atoms with Gasteiger partial charge in [-0.15, -0.1) is 0 Å². The second-order valence-electron chi connectivity index (χ2n) is 7.07. The van der Waals surface area contributed by atoms with Crippen LogP contribution in [0.1, 0.15) is 51.3 Å². The minimum Gasteiger partial charge on any atom is -1.00 e. The zero-order valence-corrected chi connectivity index (χ0v) is 16.1. The van der Waals surface area contributed by atoms with E-state index < -0.39 is 8.24 Å². The van der Waals surface area contributed by atoms with Gasteiger partial charge in [-0.2, -0.15) is 0 Å². The van der Waals surface area contributed by atoms with Gasteiger partial charge in [0, 0.05) is 5.54 Å². The zero-order valence-electron chi connectivity index (χ0n) is 17.1. The van der Waals surface area contributed by atoms with Crippen LogP contribution in [0.5, 0.6) is 0 Å². The molecular formula is C15H31Li2NSi. The molecule has 0 heterocycles. The molecule has 0 fully saturated rings. The molecule has 102 valence electrons. The molecule has 0 bridgehead atoms. The van der Waals surface area contributed by atoms with E-state index in [1.54, 1.807) is 16.3 Å². The second-order valence-corrected chi connectivity index (χ2v) is 11.1. The summed E-state index contributed by atoms with van der Waals surface area (Å²) in [5.41, 5.74) is 4.83. The van der Waals surface area contributed by atoms with Gasteiger partial charge in [-0.05, 0) is 53.0 Å². The molecule has 1 atom stereocenters. The van der Waals surface area contributed by atoms with E-state index in [1.165, 1.54) is 5.57 Å². The van der Waals surface area contributed by atoms with Crippen molar-refractivity contribution in [2.24, 2.45) is 5.92 Å². The smallest absolute Gasteiger partial charge is 1.00 e. The number of hydrogen-bond donors (Lipinski definition) is 1. The van der Waals surface area contributed by atoms with Crippen LogP contribution in [-0.2, 0) is 0 Å². The van der Waals surface area contributed by atoms with E-state index in [9.17, 15) is 0 Å². The maximum Gasteiger partial charge on any atom is 1.00 e. The summed E-state index contributed by atoms with van der Waals surface area (Å²) in [5, 5.41) is 1.70. The number of allylic oxidation sites excluding steroid dienone is 4. The molecule has 0 amide bonds. The molecule has 0 saturated carbocycles. The van der Waals surface area contributed by atoms with E-state index in [2.05, 4.69) is 66.5 Å². The van der Waals surface area contributed by atoms with Gasteiger partial charge in [0.2, 0.25) is 0 Å². The van der Waals surface area contributed by atoms with Gasteiger partial charge in [-0.1, -0.05) is 36.4 Å². The number of rotatable bonds is 2. The van der Waals surface area contributed by atoms with Crippen LogP contribution in [0.2, 0.25) is 13.1 Å². The molecule has 0 aliphatic heterocycles. The van der Waals surface area contributed by atoms with Gasteiger partial charge in [0.15, 0.2) is 0 Å². The van der Waals surface area contributed by atoms with Crippen LogP contribution in [0.3, 0.4) is 0 Å². The molecule has 0 aromatic rings. The molecule has 0 aromatic carbocycles. The van der Waals surface area contributed by atoms with Crippen molar-refractivity contribution in [1.29, 1.82) is 0 Å². The third-order valence-corrected chi connectivity index (χ3v) is 7.53. The maximum absolute atomic E-state index is 3.89. The van der Waals surface area contributed by atoms with E-state index in [4.69, 9.17) is 0 Å². The van der Waals surface area contributed by atoms with Gasteiger partial charge in [0.05, 0.1) is 0 Å². The molecule has 0 radical (unpaired) electrons. The Morgan fingerprint density at radius 2 is 1.42 bits per heavy atom. The second kappa shape index (κ2) is 7.22.